The van der Waals surface area contributed by atoms with Crippen LogP contribution >= 0.6 is 0 Å². The Hall–Kier alpha value is -0.770. The van der Waals surface area contributed by atoms with E-state index in [1.54, 1.807) is 0 Å². The van der Waals surface area contributed by atoms with Gasteiger partial charge in [0.2, 0.25) is 0 Å². The monoisotopic (exact) mass is 227 g/mol. The third-order valence-electron chi connectivity index (χ3n) is 3.27. The number of guanidine groups is 1. The fourth-order valence-electron chi connectivity index (χ4n) is 2.26. The first-order valence-electron chi connectivity index (χ1n) is 6.25. The van der Waals surface area contributed by atoms with E-state index in [-0.39, 0.29) is 12.0 Å². The highest BCUT2D eigenvalue weighted by molar-refractivity contribution is 5.78. The molecule has 0 unspecified atom stereocenters. The zero-order valence-corrected chi connectivity index (χ0v) is 10.5. The number of nitrogens with zero attached hydrogens (tertiary/aromatic N) is 1. The van der Waals surface area contributed by atoms with E-state index in [4.69, 9.17) is 5.73 Å². The highest BCUT2D eigenvalue weighted by Crippen LogP contribution is 2.35. The Bertz CT molecular complexity index is 232. The maximum Gasteiger partial charge on any atom is 0.188 e. The predicted octanol–water partition coefficient (Wildman–Crippen LogP) is 1.24. The normalized spacial score (nSPS) is 21.1. The van der Waals surface area contributed by atoms with Gasteiger partial charge in [-0.1, -0.05) is 19.3 Å². The second-order valence-electron chi connectivity index (χ2n) is 5.22. The zero-order valence-electron chi connectivity index (χ0n) is 10.5. The Labute approximate surface area is 98.3 Å². The van der Waals surface area contributed by atoms with Crippen molar-refractivity contribution in [3.8, 4) is 0 Å². The van der Waals surface area contributed by atoms with E-state index in [9.17, 15) is 5.11 Å². The number of hydrogen-bond donors (Lipinski definition) is 3. The van der Waals surface area contributed by atoms with E-state index >= 15 is 0 Å². The molecule has 4 heteroatoms. The van der Waals surface area contributed by atoms with Crippen molar-refractivity contribution in [3.63, 3.8) is 0 Å². The summed E-state index contributed by atoms with van der Waals surface area (Å²) in [6.07, 6.45) is 5.83. The van der Waals surface area contributed by atoms with E-state index in [1.807, 2.05) is 13.8 Å². The molecule has 0 aromatic rings. The van der Waals surface area contributed by atoms with Crippen molar-refractivity contribution in [3.05, 3.63) is 0 Å². The van der Waals surface area contributed by atoms with Gasteiger partial charge >= 0.3 is 0 Å². The lowest BCUT2D eigenvalue weighted by Crippen LogP contribution is -2.39. The predicted molar refractivity (Wildman–Crippen MR) is 67.4 cm³/mol. The van der Waals surface area contributed by atoms with Gasteiger partial charge in [0.25, 0.3) is 0 Å². The fourth-order valence-corrected chi connectivity index (χ4v) is 2.26. The maximum absolute atomic E-state index is 9.51. The second-order valence-corrected chi connectivity index (χ2v) is 5.22. The van der Waals surface area contributed by atoms with Crippen molar-refractivity contribution in [2.45, 2.75) is 52.0 Å². The van der Waals surface area contributed by atoms with Gasteiger partial charge in [-0.3, -0.25) is 4.99 Å². The van der Waals surface area contributed by atoms with Crippen molar-refractivity contribution in [1.82, 2.24) is 5.32 Å². The van der Waals surface area contributed by atoms with Gasteiger partial charge in [-0.25, -0.2) is 0 Å². The van der Waals surface area contributed by atoms with Crippen LogP contribution in [0.5, 0.6) is 0 Å². The van der Waals surface area contributed by atoms with Crippen molar-refractivity contribution in [1.29, 1.82) is 0 Å². The van der Waals surface area contributed by atoms with Crippen LogP contribution in [0.2, 0.25) is 0 Å². The van der Waals surface area contributed by atoms with Gasteiger partial charge in [-0.05, 0) is 26.7 Å². The summed E-state index contributed by atoms with van der Waals surface area (Å²) in [7, 11) is 0. The van der Waals surface area contributed by atoms with E-state index in [0.717, 1.165) is 12.8 Å². The third kappa shape index (κ3) is 4.00. The molecular weight excluding hydrogens is 202 g/mol. The van der Waals surface area contributed by atoms with Crippen LogP contribution in [-0.2, 0) is 0 Å². The molecule has 1 aliphatic rings. The topological polar surface area (TPSA) is 70.6 Å². The average Bonchev–Trinajstić information content (AvgIpc) is 2.27. The standard InChI is InChI=1S/C12H25N3O/c1-10(2)15-11(13)14-8-12(9-16)6-4-3-5-7-12/h10,16H,3-9H2,1-2H3,(H3,13,14,15). The Morgan fingerprint density at radius 2 is 2.00 bits per heavy atom. The number of nitrogens with one attached hydrogen (secondary N) is 1. The van der Waals surface area contributed by atoms with Crippen LogP contribution in [0.25, 0.3) is 0 Å². The number of hydrogen-bond acceptors (Lipinski definition) is 2. The summed E-state index contributed by atoms with van der Waals surface area (Å²) in [6.45, 7) is 4.94. The Balaban J connectivity index is 2.49. The van der Waals surface area contributed by atoms with E-state index in [2.05, 4.69) is 10.3 Å². The lowest BCUT2D eigenvalue weighted by molar-refractivity contribution is 0.0907. The van der Waals surface area contributed by atoms with Crippen LogP contribution in [0.1, 0.15) is 46.0 Å². The molecule has 4 nitrogen and oxygen atoms in total. The minimum atomic E-state index is -0.0124. The first-order chi connectivity index (χ1) is 7.58. The molecule has 1 aliphatic carbocycles. The fraction of sp³-hybridized carbons (Fsp3) is 0.917. The van der Waals surface area contributed by atoms with Crippen molar-refractivity contribution < 1.29 is 5.11 Å². The van der Waals surface area contributed by atoms with E-state index in [1.165, 1.54) is 19.3 Å². The van der Waals surface area contributed by atoms with Crippen molar-refractivity contribution in [2.75, 3.05) is 13.2 Å². The number of rotatable bonds is 4. The summed E-state index contributed by atoms with van der Waals surface area (Å²) < 4.78 is 0. The molecule has 0 heterocycles. The molecule has 94 valence electrons. The summed E-state index contributed by atoms with van der Waals surface area (Å²) in [5.74, 6) is 0.494. The third-order valence-corrected chi connectivity index (χ3v) is 3.27. The summed E-state index contributed by atoms with van der Waals surface area (Å²) >= 11 is 0. The molecule has 1 rings (SSSR count). The zero-order chi connectivity index (χ0) is 12.0. The summed E-state index contributed by atoms with van der Waals surface area (Å²) in [5, 5.41) is 12.6. The highest BCUT2D eigenvalue weighted by atomic mass is 16.3. The first-order valence-corrected chi connectivity index (χ1v) is 6.25. The first kappa shape index (κ1) is 13.3. The summed E-state index contributed by atoms with van der Waals surface area (Å²) in [6, 6.07) is 0.306. The maximum atomic E-state index is 9.51. The molecule has 0 spiro atoms. The molecule has 0 aromatic heterocycles. The van der Waals surface area contributed by atoms with E-state index in [0.29, 0.717) is 18.5 Å². The number of aliphatic imine (C=N–C) groups is 1. The molecule has 1 fully saturated rings. The van der Waals surface area contributed by atoms with Crippen LogP contribution in [-0.4, -0.2) is 30.3 Å². The lowest BCUT2D eigenvalue weighted by Gasteiger charge is -2.34. The molecule has 1 saturated carbocycles. The van der Waals surface area contributed by atoms with Gasteiger partial charge in [0.15, 0.2) is 5.96 Å². The van der Waals surface area contributed by atoms with Crippen LogP contribution in [0.3, 0.4) is 0 Å². The molecule has 4 N–H and O–H groups in total. The molecule has 0 atom stereocenters. The highest BCUT2D eigenvalue weighted by Gasteiger charge is 2.31. The largest absolute Gasteiger partial charge is 0.396 e. The molecular formula is C12H25N3O. The van der Waals surface area contributed by atoms with Gasteiger partial charge in [0.1, 0.15) is 0 Å². The summed E-state index contributed by atoms with van der Waals surface area (Å²) in [4.78, 5) is 4.35. The van der Waals surface area contributed by atoms with Crippen molar-refractivity contribution >= 4 is 5.96 Å². The quantitative estimate of drug-likeness (QED) is 0.500. The SMILES string of the molecule is CC(C)NC(N)=NCC1(CO)CCCCC1. The van der Waals surface area contributed by atoms with E-state index < -0.39 is 0 Å². The van der Waals surface area contributed by atoms with Gasteiger partial charge in [0.05, 0.1) is 13.2 Å². The van der Waals surface area contributed by atoms with Gasteiger partial charge < -0.3 is 16.2 Å². The Morgan fingerprint density at radius 1 is 1.38 bits per heavy atom. The molecule has 0 radical (unpaired) electrons. The van der Waals surface area contributed by atoms with Gasteiger partial charge in [0, 0.05) is 11.5 Å². The van der Waals surface area contributed by atoms with Gasteiger partial charge in [-0.2, -0.15) is 0 Å². The molecule has 0 aliphatic heterocycles. The molecule has 0 saturated heterocycles. The second kappa shape index (κ2) is 6.09. The number of aliphatic hydroxyl groups is 1. The summed E-state index contributed by atoms with van der Waals surface area (Å²) in [5.41, 5.74) is 5.75. The number of aliphatic hydroxyl groups excluding tert-OH is 1. The smallest absolute Gasteiger partial charge is 0.188 e. The number of nitrogens with two attached hydrogens (primary N) is 1. The van der Waals surface area contributed by atoms with Crippen LogP contribution in [0, 0.1) is 5.41 Å². The average molecular weight is 227 g/mol. The van der Waals surface area contributed by atoms with Crippen LogP contribution in [0.4, 0.5) is 0 Å². The minimum Gasteiger partial charge on any atom is -0.396 e. The lowest BCUT2D eigenvalue weighted by atomic mass is 9.75. The molecule has 0 aromatic carbocycles. The van der Waals surface area contributed by atoms with Gasteiger partial charge in [-0.15, -0.1) is 0 Å². The molecule has 0 bridgehead atoms. The van der Waals surface area contributed by atoms with Crippen LogP contribution in [0.15, 0.2) is 4.99 Å². The molecule has 16 heavy (non-hydrogen) atoms. The Kier molecular flexibility index (Phi) is 5.06. The van der Waals surface area contributed by atoms with Crippen LogP contribution < -0.4 is 11.1 Å². The Morgan fingerprint density at radius 3 is 2.50 bits per heavy atom. The minimum absolute atomic E-state index is 0.0124. The molecule has 0 amide bonds. The van der Waals surface area contributed by atoms with Crippen molar-refractivity contribution in [2.24, 2.45) is 16.1 Å².